The molecule has 2 saturated heterocycles. The fourth-order valence-electron chi connectivity index (χ4n) is 10.0. The Morgan fingerprint density at radius 2 is 1.78 bits per heavy atom. The Morgan fingerprint density at radius 3 is 2.50 bits per heavy atom. The third-order valence-corrected chi connectivity index (χ3v) is 11.8. The summed E-state index contributed by atoms with van der Waals surface area (Å²) in [5, 5.41) is 22.0. The zero-order valence-corrected chi connectivity index (χ0v) is 20.3. The van der Waals surface area contributed by atoms with Crippen LogP contribution in [0.4, 0.5) is 0 Å². The first-order valence-corrected chi connectivity index (χ1v) is 13.3. The van der Waals surface area contributed by atoms with Gasteiger partial charge in [-0.25, -0.2) is 0 Å². The van der Waals surface area contributed by atoms with Gasteiger partial charge in [-0.05, 0) is 74.0 Å². The number of hydrogen-bond donors (Lipinski definition) is 2. The van der Waals surface area contributed by atoms with Crippen LogP contribution in [0.25, 0.3) is 0 Å². The van der Waals surface area contributed by atoms with E-state index in [1.165, 1.54) is 0 Å². The summed E-state index contributed by atoms with van der Waals surface area (Å²) in [6.45, 7) is 9.70. The molecule has 32 heavy (non-hydrogen) atoms. The van der Waals surface area contributed by atoms with Gasteiger partial charge in [0, 0.05) is 29.6 Å². The molecule has 0 radical (unpaired) electrons. The second-order valence-corrected chi connectivity index (χ2v) is 13.1. The van der Waals surface area contributed by atoms with Crippen molar-refractivity contribution in [2.24, 2.45) is 52.3 Å². The largest absolute Gasteiger partial charge is 0.393 e. The quantitative estimate of drug-likeness (QED) is 0.589. The molecule has 4 saturated carbocycles. The smallest absolute Gasteiger partial charge is 0.171 e. The molecule has 5 heteroatoms. The van der Waals surface area contributed by atoms with E-state index >= 15 is 0 Å². The summed E-state index contributed by atoms with van der Waals surface area (Å²) in [7, 11) is 0. The zero-order valence-electron chi connectivity index (χ0n) is 20.3. The molecule has 0 aromatic rings. The molecule has 2 heterocycles. The number of ketones is 1. The summed E-state index contributed by atoms with van der Waals surface area (Å²) in [5.74, 6) is 1.45. The van der Waals surface area contributed by atoms with Crippen molar-refractivity contribution in [3.63, 3.8) is 0 Å². The first-order valence-electron chi connectivity index (χ1n) is 13.3. The summed E-state index contributed by atoms with van der Waals surface area (Å²) in [5.41, 5.74) is -0.523. The van der Waals surface area contributed by atoms with Crippen molar-refractivity contribution in [2.75, 3.05) is 6.61 Å². The van der Waals surface area contributed by atoms with Gasteiger partial charge in [-0.3, -0.25) is 4.79 Å². The third kappa shape index (κ3) is 2.63. The Bertz CT molecular complexity index is 789. The van der Waals surface area contributed by atoms with Gasteiger partial charge in [0.25, 0.3) is 0 Å². The van der Waals surface area contributed by atoms with Crippen molar-refractivity contribution < 1.29 is 24.5 Å². The highest BCUT2D eigenvalue weighted by Gasteiger charge is 2.73. The van der Waals surface area contributed by atoms with Gasteiger partial charge in [0.2, 0.25) is 0 Å². The van der Waals surface area contributed by atoms with Gasteiger partial charge in [0.1, 0.15) is 6.10 Å². The lowest BCUT2D eigenvalue weighted by Crippen LogP contribution is -2.64. The molecule has 4 aliphatic carbocycles. The number of ether oxygens (including phenoxy) is 2. The predicted molar refractivity (Wildman–Crippen MR) is 120 cm³/mol. The number of rotatable bonds is 0. The van der Waals surface area contributed by atoms with Crippen LogP contribution in [0, 0.1) is 52.3 Å². The molecule has 0 unspecified atom stereocenters. The maximum absolute atomic E-state index is 14.0. The molecule has 2 N–H and O–H groups in total. The van der Waals surface area contributed by atoms with E-state index in [1.807, 2.05) is 0 Å². The molecular weight excluding hydrogens is 404 g/mol. The van der Waals surface area contributed by atoms with Crippen molar-refractivity contribution in [1.82, 2.24) is 0 Å². The van der Waals surface area contributed by atoms with Crippen molar-refractivity contribution in [3.8, 4) is 0 Å². The van der Waals surface area contributed by atoms with Gasteiger partial charge in [0.05, 0.1) is 18.8 Å². The van der Waals surface area contributed by atoms with E-state index in [0.29, 0.717) is 23.7 Å². The maximum atomic E-state index is 14.0. The Labute approximate surface area is 192 Å². The molecule has 5 nitrogen and oxygen atoms in total. The van der Waals surface area contributed by atoms with E-state index in [-0.39, 0.29) is 41.2 Å². The number of carbonyl (C=O) groups excluding carboxylic acids is 1. The lowest BCUT2D eigenvalue weighted by Gasteiger charge is -2.61. The van der Waals surface area contributed by atoms with E-state index in [4.69, 9.17) is 9.47 Å². The Kier molecular flexibility index (Phi) is 4.83. The van der Waals surface area contributed by atoms with Crippen LogP contribution < -0.4 is 0 Å². The van der Waals surface area contributed by atoms with Crippen LogP contribution in [0.2, 0.25) is 0 Å². The lowest BCUT2D eigenvalue weighted by atomic mass is 9.43. The normalized spacial score (nSPS) is 61.8. The zero-order chi connectivity index (χ0) is 22.6. The van der Waals surface area contributed by atoms with E-state index < -0.39 is 17.3 Å². The lowest BCUT2D eigenvalue weighted by molar-refractivity contribution is -0.273. The van der Waals surface area contributed by atoms with Crippen LogP contribution in [-0.2, 0) is 14.3 Å². The number of aliphatic hydroxyl groups excluding tert-OH is 2. The minimum atomic E-state index is -0.921. The average Bonchev–Trinajstić information content (AvgIpc) is 3.20. The molecule has 13 atom stereocenters. The highest BCUT2D eigenvalue weighted by Crippen LogP contribution is 2.70. The van der Waals surface area contributed by atoms with E-state index in [1.54, 1.807) is 0 Å². The molecule has 6 aliphatic rings. The van der Waals surface area contributed by atoms with Crippen LogP contribution in [0.5, 0.6) is 0 Å². The van der Waals surface area contributed by atoms with Crippen LogP contribution >= 0.6 is 0 Å². The molecule has 0 amide bonds. The first kappa shape index (κ1) is 22.0. The number of hydrogen-bond acceptors (Lipinski definition) is 5. The summed E-state index contributed by atoms with van der Waals surface area (Å²) in [6.07, 6.45) is 6.54. The topological polar surface area (TPSA) is 76.0 Å². The number of fused-ring (bicyclic) bond motifs is 7. The molecule has 0 bridgehead atoms. The second-order valence-electron chi connectivity index (χ2n) is 13.1. The molecule has 2 aliphatic heterocycles. The van der Waals surface area contributed by atoms with E-state index in [0.717, 1.165) is 58.0 Å². The number of aliphatic hydroxyl groups is 2. The van der Waals surface area contributed by atoms with Gasteiger partial charge in [-0.1, -0.05) is 27.7 Å². The van der Waals surface area contributed by atoms with Gasteiger partial charge in [-0.2, -0.15) is 0 Å². The Balaban J connectivity index is 1.34. The monoisotopic (exact) mass is 446 g/mol. The highest BCUT2D eigenvalue weighted by molar-refractivity contribution is 5.88. The minimum absolute atomic E-state index is 0.0725. The molecule has 0 aromatic heterocycles. The van der Waals surface area contributed by atoms with Gasteiger partial charge in [-0.15, -0.1) is 0 Å². The molecular formula is C27H42O5. The summed E-state index contributed by atoms with van der Waals surface area (Å²) >= 11 is 0. The standard InChI is InChI=1S/C27H42O5/c1-14-7-10-27(31-13-14)15(2)21-20(32-27)12-19-18-6-5-16-11-17(28)8-9-25(16,3)22(18)23(29)24(30)26(19,21)4/h14-22,24,28,30H,5-13H2,1-4H3/t14-,15+,16+,17+,18+,19-,20-,21-,22+,24-,25+,26+,27-/m1/s1. The summed E-state index contributed by atoms with van der Waals surface area (Å²) < 4.78 is 13.1. The van der Waals surface area contributed by atoms with E-state index in [9.17, 15) is 15.0 Å². The summed E-state index contributed by atoms with van der Waals surface area (Å²) in [6, 6.07) is 0. The molecule has 6 fully saturated rings. The Hall–Kier alpha value is -0.490. The van der Waals surface area contributed by atoms with Crippen LogP contribution in [0.3, 0.4) is 0 Å². The summed E-state index contributed by atoms with van der Waals surface area (Å²) in [4.78, 5) is 14.0. The van der Waals surface area contributed by atoms with Crippen LogP contribution in [0.15, 0.2) is 0 Å². The van der Waals surface area contributed by atoms with Crippen LogP contribution in [-0.4, -0.2) is 46.7 Å². The fraction of sp³-hybridized carbons (Fsp3) is 0.963. The second kappa shape index (κ2) is 7.02. The van der Waals surface area contributed by atoms with Crippen molar-refractivity contribution in [1.29, 1.82) is 0 Å². The van der Waals surface area contributed by atoms with E-state index in [2.05, 4.69) is 27.7 Å². The van der Waals surface area contributed by atoms with Crippen molar-refractivity contribution in [3.05, 3.63) is 0 Å². The van der Waals surface area contributed by atoms with Crippen molar-refractivity contribution >= 4 is 5.78 Å². The van der Waals surface area contributed by atoms with Gasteiger partial charge in [0.15, 0.2) is 11.6 Å². The first-order chi connectivity index (χ1) is 15.1. The van der Waals surface area contributed by atoms with Crippen LogP contribution in [0.1, 0.15) is 79.1 Å². The molecule has 180 valence electrons. The number of Topliss-reactive ketones (excluding diaryl/α,β-unsaturated/α-hetero) is 1. The van der Waals surface area contributed by atoms with Crippen molar-refractivity contribution in [2.45, 2.75) is 103 Å². The average molecular weight is 447 g/mol. The molecule has 6 rings (SSSR count). The molecule has 0 aromatic carbocycles. The van der Waals surface area contributed by atoms with Gasteiger partial charge < -0.3 is 19.7 Å². The predicted octanol–water partition coefficient (Wildman–Crippen LogP) is 3.94. The molecule has 1 spiro atoms. The minimum Gasteiger partial charge on any atom is -0.393 e. The number of carbonyl (C=O) groups is 1. The van der Waals surface area contributed by atoms with Gasteiger partial charge >= 0.3 is 0 Å². The maximum Gasteiger partial charge on any atom is 0.171 e. The third-order valence-electron chi connectivity index (χ3n) is 11.8. The SMILES string of the molecule is C[C@@H]1CC[C@@]2(OC1)O[C@@H]1C[C@@H]3[C@@H]4CC[C@H]5C[C@@H](O)CC[C@]5(C)[C@@H]4C(=O)[C@@H](O)[C@]3(C)[C@@H]1[C@@H]2C. The highest BCUT2D eigenvalue weighted by atomic mass is 16.7. The fourth-order valence-corrected chi connectivity index (χ4v) is 10.0. The Morgan fingerprint density at radius 1 is 1.00 bits per heavy atom.